The number of hydrazone groups is 1. The Hall–Kier alpha value is -3.07. The van der Waals surface area contributed by atoms with Gasteiger partial charge in [0.25, 0.3) is 0 Å². The quantitative estimate of drug-likeness (QED) is 0.367. The first-order chi connectivity index (χ1) is 13.0. The van der Waals surface area contributed by atoms with Crippen LogP contribution in [0, 0.1) is 0 Å². The maximum Gasteiger partial charge on any atom is 0.329 e. The van der Waals surface area contributed by atoms with Crippen LogP contribution in [-0.4, -0.2) is 36.9 Å². The number of halogens is 1. The number of phenolic OH excluding ortho intramolecular Hbond substituents is 1. The molecule has 27 heavy (non-hydrogen) atoms. The Kier molecular flexibility index (Phi) is 7.18. The standard InChI is InChI=1S/C18H18BrN3O5/c1-3-27-15-9-11(8-12(19)16(15)23)10-20-22-18(25)17(24)21-13-6-4-5-7-14(13)26-2/h4-10,23H,3H2,1-2H3,(H,21,24)(H,22,25)/b20-10-. The van der Waals surface area contributed by atoms with Crippen molar-refractivity contribution in [1.82, 2.24) is 5.43 Å². The summed E-state index contributed by atoms with van der Waals surface area (Å²) in [5.74, 6) is -1.17. The number of carbonyl (C=O) groups is 2. The lowest BCUT2D eigenvalue weighted by Gasteiger charge is -2.09. The lowest BCUT2D eigenvalue weighted by atomic mass is 10.2. The van der Waals surface area contributed by atoms with E-state index in [0.717, 1.165) is 0 Å². The summed E-state index contributed by atoms with van der Waals surface area (Å²) in [6, 6.07) is 9.84. The van der Waals surface area contributed by atoms with Gasteiger partial charge in [-0.15, -0.1) is 0 Å². The van der Waals surface area contributed by atoms with Gasteiger partial charge in [-0.05, 0) is 52.7 Å². The van der Waals surface area contributed by atoms with Crippen molar-refractivity contribution in [1.29, 1.82) is 0 Å². The van der Waals surface area contributed by atoms with Crippen LogP contribution in [0.5, 0.6) is 17.2 Å². The molecule has 0 aliphatic carbocycles. The fourth-order valence-electron chi connectivity index (χ4n) is 2.08. The molecular weight excluding hydrogens is 418 g/mol. The van der Waals surface area contributed by atoms with Crippen molar-refractivity contribution in [3.05, 3.63) is 46.4 Å². The molecule has 9 heteroatoms. The van der Waals surface area contributed by atoms with E-state index < -0.39 is 11.8 Å². The Morgan fingerprint density at radius 3 is 2.67 bits per heavy atom. The lowest BCUT2D eigenvalue weighted by molar-refractivity contribution is -0.136. The molecule has 8 nitrogen and oxygen atoms in total. The second-order valence-electron chi connectivity index (χ2n) is 5.14. The maximum atomic E-state index is 11.9. The Bertz CT molecular complexity index is 870. The van der Waals surface area contributed by atoms with Crippen LogP contribution in [0.3, 0.4) is 0 Å². The molecule has 0 saturated heterocycles. The van der Waals surface area contributed by atoms with Gasteiger partial charge in [0.1, 0.15) is 5.75 Å². The summed E-state index contributed by atoms with van der Waals surface area (Å²) in [5.41, 5.74) is 3.05. The zero-order valence-corrected chi connectivity index (χ0v) is 16.2. The second-order valence-corrected chi connectivity index (χ2v) is 5.99. The van der Waals surface area contributed by atoms with Crippen molar-refractivity contribution in [2.75, 3.05) is 19.0 Å². The van der Waals surface area contributed by atoms with Gasteiger partial charge >= 0.3 is 11.8 Å². The number of phenols is 1. The van der Waals surface area contributed by atoms with Gasteiger partial charge in [0.15, 0.2) is 11.5 Å². The first-order valence-electron chi connectivity index (χ1n) is 7.89. The zero-order valence-electron chi connectivity index (χ0n) is 14.7. The Morgan fingerprint density at radius 2 is 1.96 bits per heavy atom. The number of aromatic hydroxyl groups is 1. The van der Waals surface area contributed by atoms with E-state index in [-0.39, 0.29) is 11.5 Å². The third kappa shape index (κ3) is 5.45. The first-order valence-corrected chi connectivity index (χ1v) is 8.68. The van der Waals surface area contributed by atoms with Gasteiger partial charge in [-0.3, -0.25) is 9.59 Å². The first kappa shape index (κ1) is 20.2. The summed E-state index contributed by atoms with van der Waals surface area (Å²) in [5, 5.41) is 16.1. The number of amides is 2. The number of nitrogens with zero attached hydrogens (tertiary/aromatic N) is 1. The van der Waals surface area contributed by atoms with Gasteiger partial charge in [0.05, 0.1) is 30.1 Å². The summed E-state index contributed by atoms with van der Waals surface area (Å²) in [6.07, 6.45) is 1.32. The summed E-state index contributed by atoms with van der Waals surface area (Å²) in [6.45, 7) is 2.16. The van der Waals surface area contributed by atoms with E-state index in [2.05, 4.69) is 31.8 Å². The molecule has 0 aliphatic heterocycles. The fourth-order valence-corrected chi connectivity index (χ4v) is 2.54. The van der Waals surface area contributed by atoms with Crippen LogP contribution in [0.1, 0.15) is 12.5 Å². The van der Waals surface area contributed by atoms with Gasteiger partial charge in [0.2, 0.25) is 0 Å². The Labute approximate surface area is 164 Å². The van der Waals surface area contributed by atoms with E-state index in [9.17, 15) is 14.7 Å². The average Bonchev–Trinajstić information content (AvgIpc) is 2.66. The number of ether oxygens (including phenoxy) is 2. The molecular formula is C18H18BrN3O5. The van der Waals surface area contributed by atoms with Gasteiger partial charge < -0.3 is 19.9 Å². The smallest absolute Gasteiger partial charge is 0.329 e. The number of para-hydroxylation sites is 2. The van der Waals surface area contributed by atoms with Crippen LogP contribution < -0.4 is 20.2 Å². The van der Waals surface area contributed by atoms with Crippen LogP contribution in [0.2, 0.25) is 0 Å². The van der Waals surface area contributed by atoms with Crippen LogP contribution in [0.25, 0.3) is 0 Å². The normalized spacial score (nSPS) is 10.5. The van der Waals surface area contributed by atoms with Crippen molar-refractivity contribution in [2.24, 2.45) is 5.10 Å². The molecule has 0 unspecified atom stereocenters. The molecule has 0 aliphatic rings. The largest absolute Gasteiger partial charge is 0.503 e. The predicted octanol–water partition coefficient (Wildman–Crippen LogP) is 2.65. The molecule has 0 fully saturated rings. The molecule has 2 aromatic rings. The van der Waals surface area contributed by atoms with Gasteiger partial charge in [-0.2, -0.15) is 5.10 Å². The average molecular weight is 436 g/mol. The van der Waals surface area contributed by atoms with Crippen molar-refractivity contribution in [3.8, 4) is 17.2 Å². The third-order valence-electron chi connectivity index (χ3n) is 3.29. The molecule has 0 spiro atoms. The number of benzene rings is 2. The minimum atomic E-state index is -0.944. The van der Waals surface area contributed by atoms with Gasteiger partial charge in [-0.25, -0.2) is 5.43 Å². The molecule has 2 amide bonds. The number of nitrogens with one attached hydrogen (secondary N) is 2. The molecule has 2 aromatic carbocycles. The fraction of sp³-hybridized carbons (Fsp3) is 0.167. The van der Waals surface area contributed by atoms with Gasteiger partial charge in [0, 0.05) is 0 Å². The third-order valence-corrected chi connectivity index (χ3v) is 3.90. The van der Waals surface area contributed by atoms with Crippen LogP contribution in [0.4, 0.5) is 5.69 Å². The molecule has 0 atom stereocenters. The Morgan fingerprint density at radius 1 is 1.22 bits per heavy atom. The summed E-state index contributed by atoms with van der Waals surface area (Å²) >= 11 is 3.21. The molecule has 0 radical (unpaired) electrons. The van der Waals surface area contributed by atoms with E-state index in [0.29, 0.717) is 28.1 Å². The monoisotopic (exact) mass is 435 g/mol. The molecule has 0 bridgehead atoms. The van der Waals surface area contributed by atoms with E-state index in [1.165, 1.54) is 13.3 Å². The predicted molar refractivity (Wildman–Crippen MR) is 104 cm³/mol. The lowest BCUT2D eigenvalue weighted by Crippen LogP contribution is -2.32. The maximum absolute atomic E-state index is 11.9. The zero-order chi connectivity index (χ0) is 19.8. The summed E-state index contributed by atoms with van der Waals surface area (Å²) in [7, 11) is 1.46. The van der Waals surface area contributed by atoms with Gasteiger partial charge in [-0.1, -0.05) is 12.1 Å². The minimum absolute atomic E-state index is 0.0331. The molecule has 3 N–H and O–H groups in total. The Balaban J connectivity index is 2.01. The highest BCUT2D eigenvalue weighted by atomic mass is 79.9. The minimum Gasteiger partial charge on any atom is -0.503 e. The van der Waals surface area contributed by atoms with Crippen molar-refractivity contribution >= 4 is 39.6 Å². The molecule has 0 heterocycles. The molecule has 2 rings (SSSR count). The van der Waals surface area contributed by atoms with E-state index in [1.54, 1.807) is 43.3 Å². The molecule has 142 valence electrons. The summed E-state index contributed by atoms with van der Waals surface area (Å²) in [4.78, 5) is 23.8. The number of methoxy groups -OCH3 is 1. The van der Waals surface area contributed by atoms with Crippen LogP contribution in [-0.2, 0) is 9.59 Å². The highest BCUT2D eigenvalue weighted by Crippen LogP contribution is 2.35. The van der Waals surface area contributed by atoms with E-state index in [1.807, 2.05) is 0 Å². The summed E-state index contributed by atoms with van der Waals surface area (Å²) < 4.78 is 10.8. The van der Waals surface area contributed by atoms with Crippen molar-refractivity contribution in [2.45, 2.75) is 6.92 Å². The van der Waals surface area contributed by atoms with E-state index >= 15 is 0 Å². The van der Waals surface area contributed by atoms with E-state index in [4.69, 9.17) is 9.47 Å². The molecule has 0 aromatic heterocycles. The second kappa shape index (κ2) is 9.58. The number of anilines is 1. The number of carbonyl (C=O) groups excluding carboxylic acids is 2. The highest BCUT2D eigenvalue weighted by molar-refractivity contribution is 9.10. The number of rotatable bonds is 6. The number of hydrogen-bond acceptors (Lipinski definition) is 6. The number of hydrogen-bond donors (Lipinski definition) is 3. The van der Waals surface area contributed by atoms with Crippen molar-refractivity contribution in [3.63, 3.8) is 0 Å². The van der Waals surface area contributed by atoms with Crippen LogP contribution in [0.15, 0.2) is 46.0 Å². The topological polar surface area (TPSA) is 109 Å². The van der Waals surface area contributed by atoms with Crippen LogP contribution >= 0.6 is 15.9 Å². The highest BCUT2D eigenvalue weighted by Gasteiger charge is 2.15. The molecule has 0 saturated carbocycles. The van der Waals surface area contributed by atoms with Crippen molar-refractivity contribution < 1.29 is 24.2 Å². The SMILES string of the molecule is CCOc1cc(/C=N\NC(=O)C(=O)Nc2ccccc2OC)cc(Br)c1O.